The highest BCUT2D eigenvalue weighted by molar-refractivity contribution is 6.75. The molecule has 0 heterocycles. The summed E-state index contributed by atoms with van der Waals surface area (Å²) in [5.41, 5.74) is 0. The van der Waals surface area contributed by atoms with Gasteiger partial charge in [-0.1, -0.05) is 55.6 Å². The van der Waals surface area contributed by atoms with Gasteiger partial charge < -0.3 is 14.6 Å². The zero-order valence-electron chi connectivity index (χ0n) is 17.1. The Kier molecular flexibility index (Phi) is 10.9. The van der Waals surface area contributed by atoms with Crippen LogP contribution < -0.4 is 0 Å². The third-order valence-corrected chi connectivity index (χ3v) is 5.71. The van der Waals surface area contributed by atoms with Gasteiger partial charge in [0.05, 0.1) is 6.10 Å². The SMILES string of the molecule is CCC(O)CC(CC(CC1CC(C)CC(C)C1)OC(=O)C(Cl)(Cl)Cl)OC(C)=O. The second kappa shape index (κ2) is 11.8. The van der Waals surface area contributed by atoms with Gasteiger partial charge in [0.15, 0.2) is 0 Å². The number of carbonyl (C=O) groups is 2. The van der Waals surface area contributed by atoms with Gasteiger partial charge in [-0.2, -0.15) is 0 Å². The van der Waals surface area contributed by atoms with Gasteiger partial charge in [-0.15, -0.1) is 0 Å². The number of esters is 2. The average molecular weight is 460 g/mol. The predicted molar refractivity (Wildman–Crippen MR) is 112 cm³/mol. The van der Waals surface area contributed by atoms with E-state index in [1.807, 2.05) is 6.92 Å². The number of alkyl halides is 3. The summed E-state index contributed by atoms with van der Waals surface area (Å²) in [6, 6.07) is 0. The van der Waals surface area contributed by atoms with Crippen LogP contribution in [0, 0.1) is 17.8 Å². The smallest absolute Gasteiger partial charge is 0.358 e. The zero-order valence-corrected chi connectivity index (χ0v) is 19.4. The van der Waals surface area contributed by atoms with E-state index in [4.69, 9.17) is 44.3 Å². The molecule has 1 saturated carbocycles. The van der Waals surface area contributed by atoms with Crippen molar-refractivity contribution in [3.63, 3.8) is 0 Å². The lowest BCUT2D eigenvalue weighted by Crippen LogP contribution is -2.35. The maximum absolute atomic E-state index is 12.2. The summed E-state index contributed by atoms with van der Waals surface area (Å²) < 4.78 is 8.71. The van der Waals surface area contributed by atoms with Crippen LogP contribution in [0.4, 0.5) is 0 Å². The van der Waals surface area contributed by atoms with Gasteiger partial charge in [0.1, 0.15) is 12.2 Å². The molecule has 0 bridgehead atoms. The molecule has 0 saturated heterocycles. The average Bonchev–Trinajstić information content (AvgIpc) is 2.51. The van der Waals surface area contributed by atoms with Gasteiger partial charge >= 0.3 is 11.9 Å². The summed E-state index contributed by atoms with van der Waals surface area (Å²) in [5.74, 6) is 0.201. The van der Waals surface area contributed by atoms with Crippen molar-refractivity contribution in [1.29, 1.82) is 0 Å². The van der Waals surface area contributed by atoms with Gasteiger partial charge in [0.2, 0.25) is 0 Å². The lowest BCUT2D eigenvalue weighted by Gasteiger charge is -2.34. The van der Waals surface area contributed by atoms with Crippen LogP contribution in [-0.2, 0) is 19.1 Å². The summed E-state index contributed by atoms with van der Waals surface area (Å²) in [7, 11) is 0. The highest BCUT2D eigenvalue weighted by Gasteiger charge is 2.37. The molecule has 28 heavy (non-hydrogen) atoms. The molecule has 0 spiro atoms. The van der Waals surface area contributed by atoms with Crippen LogP contribution >= 0.6 is 34.8 Å². The van der Waals surface area contributed by atoms with Gasteiger partial charge in [-0.25, -0.2) is 4.79 Å². The van der Waals surface area contributed by atoms with E-state index in [-0.39, 0.29) is 12.8 Å². The standard InChI is InChI=1S/C20H33Cl3O5/c1-5-16(25)10-18(27-14(4)24)11-17(28-19(26)20(21,22)23)9-15-7-12(2)6-13(3)8-15/h12-13,15-18,25H,5-11H2,1-4H3. The van der Waals surface area contributed by atoms with Crippen LogP contribution in [0.3, 0.4) is 0 Å². The van der Waals surface area contributed by atoms with Gasteiger partial charge in [-0.3, -0.25) is 4.79 Å². The Labute approximate surface area is 183 Å². The number of hydrogen-bond acceptors (Lipinski definition) is 5. The molecular formula is C20H33Cl3O5. The number of ether oxygens (including phenoxy) is 2. The van der Waals surface area contributed by atoms with E-state index in [2.05, 4.69) is 13.8 Å². The van der Waals surface area contributed by atoms with Crippen LogP contribution in [0.15, 0.2) is 0 Å². The maximum Gasteiger partial charge on any atom is 0.358 e. The molecule has 1 N–H and O–H groups in total. The minimum atomic E-state index is -2.16. The second-order valence-electron chi connectivity index (χ2n) is 8.31. The largest absolute Gasteiger partial charge is 0.462 e. The summed E-state index contributed by atoms with van der Waals surface area (Å²) in [6.07, 6.45) is 3.23. The van der Waals surface area contributed by atoms with Gasteiger partial charge in [0, 0.05) is 19.8 Å². The Hall–Kier alpha value is -0.230. The number of carbonyl (C=O) groups excluding carboxylic acids is 2. The van der Waals surface area contributed by atoms with E-state index in [0.717, 1.165) is 12.8 Å². The van der Waals surface area contributed by atoms with Gasteiger partial charge in [0.25, 0.3) is 3.79 Å². The van der Waals surface area contributed by atoms with E-state index >= 15 is 0 Å². The normalized spacial score (nSPS) is 26.2. The predicted octanol–water partition coefficient (Wildman–Crippen LogP) is 5.21. The third-order valence-electron chi connectivity index (χ3n) is 5.24. The molecule has 8 heteroatoms. The maximum atomic E-state index is 12.2. The lowest BCUT2D eigenvalue weighted by molar-refractivity contribution is -0.155. The van der Waals surface area contributed by atoms with E-state index in [9.17, 15) is 14.7 Å². The molecule has 0 aromatic carbocycles. The molecule has 5 unspecified atom stereocenters. The molecule has 1 aliphatic rings. The fraction of sp³-hybridized carbons (Fsp3) is 0.900. The van der Waals surface area contributed by atoms with Gasteiger partial charge in [-0.05, 0) is 49.9 Å². The molecule has 0 amide bonds. The first-order valence-electron chi connectivity index (χ1n) is 10.0. The highest BCUT2D eigenvalue weighted by atomic mass is 35.6. The van der Waals surface area contributed by atoms with E-state index in [0.29, 0.717) is 30.6 Å². The second-order valence-corrected chi connectivity index (χ2v) is 10.6. The zero-order chi connectivity index (χ0) is 21.5. The minimum Gasteiger partial charge on any atom is -0.462 e. The van der Waals surface area contributed by atoms with Crippen molar-refractivity contribution in [2.75, 3.05) is 0 Å². The third kappa shape index (κ3) is 10.00. The first kappa shape index (κ1) is 25.8. The number of rotatable bonds is 9. The molecule has 164 valence electrons. The molecule has 0 radical (unpaired) electrons. The molecular weight excluding hydrogens is 427 g/mol. The molecule has 0 aromatic heterocycles. The lowest BCUT2D eigenvalue weighted by atomic mass is 9.74. The molecule has 1 fully saturated rings. The Morgan fingerprint density at radius 3 is 2.07 bits per heavy atom. The van der Waals surface area contributed by atoms with Crippen molar-refractivity contribution in [1.82, 2.24) is 0 Å². The van der Waals surface area contributed by atoms with Crippen LogP contribution in [0.5, 0.6) is 0 Å². The first-order valence-corrected chi connectivity index (χ1v) is 11.2. The Bertz CT molecular complexity index is 499. The van der Waals surface area contributed by atoms with Crippen molar-refractivity contribution >= 4 is 46.7 Å². The van der Waals surface area contributed by atoms with Crippen molar-refractivity contribution in [2.45, 2.75) is 94.7 Å². The van der Waals surface area contributed by atoms with Crippen molar-refractivity contribution < 1.29 is 24.2 Å². The van der Waals surface area contributed by atoms with Crippen LogP contribution in [0.1, 0.15) is 72.6 Å². The number of hydrogen-bond donors (Lipinski definition) is 1. The Morgan fingerprint density at radius 1 is 1.04 bits per heavy atom. The molecule has 5 atom stereocenters. The summed E-state index contributed by atoms with van der Waals surface area (Å²) in [5, 5.41) is 9.99. The van der Waals surface area contributed by atoms with E-state index in [1.165, 1.54) is 13.3 Å². The van der Waals surface area contributed by atoms with Crippen molar-refractivity contribution in [3.05, 3.63) is 0 Å². The number of halogens is 3. The molecule has 1 rings (SSSR count). The quantitative estimate of drug-likeness (QED) is 0.378. The molecule has 5 nitrogen and oxygen atoms in total. The van der Waals surface area contributed by atoms with Crippen molar-refractivity contribution in [2.24, 2.45) is 17.8 Å². The van der Waals surface area contributed by atoms with Crippen LogP contribution in [0.25, 0.3) is 0 Å². The summed E-state index contributed by atoms with van der Waals surface area (Å²) >= 11 is 17.0. The van der Waals surface area contributed by atoms with Crippen LogP contribution in [-0.4, -0.2) is 39.1 Å². The number of aliphatic hydroxyl groups excluding tert-OH is 1. The van der Waals surface area contributed by atoms with E-state index in [1.54, 1.807) is 0 Å². The topological polar surface area (TPSA) is 72.8 Å². The van der Waals surface area contributed by atoms with Crippen molar-refractivity contribution in [3.8, 4) is 0 Å². The molecule has 1 aliphatic carbocycles. The van der Waals surface area contributed by atoms with E-state index < -0.39 is 34.0 Å². The number of aliphatic hydroxyl groups is 1. The molecule has 0 aromatic rings. The Balaban J connectivity index is 2.89. The molecule has 0 aliphatic heterocycles. The fourth-order valence-electron chi connectivity index (χ4n) is 4.28. The summed E-state index contributed by atoms with van der Waals surface area (Å²) in [6.45, 7) is 7.62. The fourth-order valence-corrected chi connectivity index (χ4v) is 4.41. The Morgan fingerprint density at radius 2 is 1.61 bits per heavy atom. The highest BCUT2D eigenvalue weighted by Crippen LogP contribution is 2.37. The minimum absolute atomic E-state index is 0.266. The first-order chi connectivity index (χ1) is 12.9. The summed E-state index contributed by atoms with van der Waals surface area (Å²) in [4.78, 5) is 23.6. The van der Waals surface area contributed by atoms with Crippen LogP contribution in [0.2, 0.25) is 0 Å². The monoisotopic (exact) mass is 458 g/mol.